The highest BCUT2D eigenvalue weighted by molar-refractivity contribution is 6.32. The summed E-state index contributed by atoms with van der Waals surface area (Å²) in [6, 6.07) is 10.6. The number of benzene rings is 2. The molecule has 7 heteroatoms. The molecule has 190 valence electrons. The highest BCUT2D eigenvalue weighted by atomic mass is 35.5. The molecule has 1 atom stereocenters. The van der Waals surface area contributed by atoms with Crippen LogP contribution >= 0.6 is 11.6 Å². The van der Waals surface area contributed by atoms with Gasteiger partial charge in [-0.2, -0.15) is 0 Å². The Morgan fingerprint density at radius 3 is 2.69 bits per heavy atom. The molecule has 0 saturated carbocycles. The minimum atomic E-state index is -0.780. The number of aryl methyl sites for hydroxylation is 1. The number of halogens is 2. The number of pyridine rings is 1. The zero-order chi connectivity index (χ0) is 25.7. The molecule has 2 N–H and O–H groups in total. The number of aromatic nitrogens is 1. The molecule has 5 nitrogen and oxygen atoms in total. The number of nitrogens with zero attached hydrogens (tertiary/aromatic N) is 2. The maximum Gasteiger partial charge on any atom is 0.127 e. The smallest absolute Gasteiger partial charge is 0.127 e. The van der Waals surface area contributed by atoms with Crippen molar-refractivity contribution >= 4 is 22.5 Å². The fourth-order valence-corrected chi connectivity index (χ4v) is 5.09. The number of hydrogen-bond donors (Lipinski definition) is 2. The summed E-state index contributed by atoms with van der Waals surface area (Å²) in [6.45, 7) is 4.02. The van der Waals surface area contributed by atoms with E-state index >= 15 is 0 Å². The first kappa shape index (κ1) is 26.4. The fraction of sp³-hybridized carbons (Fsp3) is 0.414. The van der Waals surface area contributed by atoms with Crippen LogP contribution in [0.1, 0.15) is 48.5 Å². The molecule has 0 aliphatic carbocycles. The molecule has 0 bridgehead atoms. The van der Waals surface area contributed by atoms with E-state index in [1.165, 1.54) is 6.07 Å². The quantitative estimate of drug-likeness (QED) is 0.423. The first-order valence-corrected chi connectivity index (χ1v) is 12.6. The Kier molecular flexibility index (Phi) is 8.48. The Morgan fingerprint density at radius 2 is 2.00 bits per heavy atom. The Labute approximate surface area is 216 Å². The molecule has 1 aliphatic heterocycles. The van der Waals surface area contributed by atoms with E-state index in [4.69, 9.17) is 16.3 Å². The second kappa shape index (κ2) is 11.6. The molecule has 4 rings (SSSR count). The van der Waals surface area contributed by atoms with Crippen LogP contribution in [-0.2, 0) is 0 Å². The van der Waals surface area contributed by atoms with Gasteiger partial charge in [-0.1, -0.05) is 29.5 Å². The van der Waals surface area contributed by atoms with Crippen LogP contribution in [0.5, 0.6) is 5.75 Å². The average molecular weight is 511 g/mol. The standard InChI is InChI=1S/C29H32ClFN2O3/c1-20-5-6-21(16-25(20)31)4-3-13-33-14-11-29(19-34,12-15-33)10-9-27(35)28-23-17-22(36-2)7-8-26(23)32-18-24(28)30/h5-8,16-18,27,34-35H,9-15,19H2,1-2H3. The van der Waals surface area contributed by atoms with E-state index < -0.39 is 6.10 Å². The minimum Gasteiger partial charge on any atom is -0.497 e. The lowest BCUT2D eigenvalue weighted by atomic mass is 9.74. The first-order valence-electron chi connectivity index (χ1n) is 12.2. The van der Waals surface area contributed by atoms with Gasteiger partial charge < -0.3 is 14.9 Å². The summed E-state index contributed by atoms with van der Waals surface area (Å²) in [6.07, 6.45) is 3.58. The van der Waals surface area contributed by atoms with Crippen LogP contribution in [0.3, 0.4) is 0 Å². The van der Waals surface area contributed by atoms with Gasteiger partial charge in [0.15, 0.2) is 0 Å². The van der Waals surface area contributed by atoms with Gasteiger partial charge in [0.2, 0.25) is 0 Å². The van der Waals surface area contributed by atoms with Crippen molar-refractivity contribution in [3.63, 3.8) is 0 Å². The number of methoxy groups -OCH3 is 1. The van der Waals surface area contributed by atoms with E-state index in [1.807, 2.05) is 24.3 Å². The lowest BCUT2D eigenvalue weighted by Gasteiger charge is -2.40. The van der Waals surface area contributed by atoms with E-state index in [1.54, 1.807) is 26.3 Å². The molecule has 2 aromatic carbocycles. The van der Waals surface area contributed by atoms with E-state index in [-0.39, 0.29) is 17.8 Å². The maximum atomic E-state index is 13.7. The Morgan fingerprint density at radius 1 is 1.22 bits per heavy atom. The van der Waals surface area contributed by atoms with Crippen LogP contribution in [0.4, 0.5) is 4.39 Å². The third-order valence-corrected chi connectivity index (χ3v) is 7.61. The van der Waals surface area contributed by atoms with Crippen molar-refractivity contribution in [1.82, 2.24) is 9.88 Å². The van der Waals surface area contributed by atoms with Crippen LogP contribution in [-0.4, -0.2) is 53.4 Å². The number of ether oxygens (including phenoxy) is 1. The molecule has 0 radical (unpaired) electrons. The van der Waals surface area contributed by atoms with Gasteiger partial charge in [-0.3, -0.25) is 9.88 Å². The van der Waals surface area contributed by atoms with Crippen LogP contribution in [0.15, 0.2) is 42.6 Å². The lowest BCUT2D eigenvalue weighted by molar-refractivity contribution is 0.0273. The van der Waals surface area contributed by atoms with Gasteiger partial charge in [0.25, 0.3) is 0 Å². The number of likely N-dealkylation sites (tertiary alicyclic amines) is 1. The Balaban J connectivity index is 1.37. The average Bonchev–Trinajstić information content (AvgIpc) is 2.89. The number of fused-ring (bicyclic) bond motifs is 1. The second-order valence-electron chi connectivity index (χ2n) is 9.66. The maximum absolute atomic E-state index is 13.7. The zero-order valence-corrected chi connectivity index (χ0v) is 21.5. The van der Waals surface area contributed by atoms with E-state index in [0.717, 1.165) is 36.8 Å². The monoisotopic (exact) mass is 510 g/mol. The van der Waals surface area contributed by atoms with Gasteiger partial charge in [0.05, 0.1) is 30.3 Å². The van der Waals surface area contributed by atoms with Crippen molar-refractivity contribution in [2.75, 3.05) is 33.4 Å². The minimum absolute atomic E-state index is 0.0700. The molecule has 0 amide bonds. The van der Waals surface area contributed by atoms with E-state index in [9.17, 15) is 14.6 Å². The predicted octanol–water partition coefficient (Wildman–Crippen LogP) is 5.28. The highest BCUT2D eigenvalue weighted by Gasteiger charge is 2.34. The number of aliphatic hydroxyl groups is 2. The second-order valence-corrected chi connectivity index (χ2v) is 10.1. The van der Waals surface area contributed by atoms with Crippen molar-refractivity contribution < 1.29 is 19.3 Å². The summed E-state index contributed by atoms with van der Waals surface area (Å²) in [5.74, 6) is 6.62. The van der Waals surface area contributed by atoms with E-state index in [0.29, 0.717) is 46.8 Å². The summed E-state index contributed by atoms with van der Waals surface area (Å²) in [5, 5.41) is 22.6. The predicted molar refractivity (Wildman–Crippen MR) is 141 cm³/mol. The van der Waals surface area contributed by atoms with E-state index in [2.05, 4.69) is 21.7 Å². The van der Waals surface area contributed by atoms with Crippen molar-refractivity contribution in [1.29, 1.82) is 0 Å². The SMILES string of the molecule is COc1ccc2ncc(Cl)c(C(O)CCC3(CO)CCN(CC#Cc4ccc(C)c(F)c4)CC3)c2c1. The van der Waals surface area contributed by atoms with Crippen molar-refractivity contribution in [2.24, 2.45) is 5.41 Å². The molecule has 2 heterocycles. The fourth-order valence-electron chi connectivity index (χ4n) is 4.82. The third kappa shape index (κ3) is 5.99. The molecule has 0 spiro atoms. The molecule has 1 aromatic heterocycles. The Hall–Kier alpha value is -2.69. The normalized spacial score (nSPS) is 16.4. The number of hydrogen-bond acceptors (Lipinski definition) is 5. The molecule has 1 saturated heterocycles. The van der Waals surface area contributed by atoms with Crippen molar-refractivity contribution in [3.05, 3.63) is 70.1 Å². The zero-order valence-electron chi connectivity index (χ0n) is 20.7. The van der Waals surface area contributed by atoms with Crippen molar-refractivity contribution in [3.8, 4) is 17.6 Å². The summed E-state index contributed by atoms with van der Waals surface area (Å²) < 4.78 is 19.1. The summed E-state index contributed by atoms with van der Waals surface area (Å²) >= 11 is 6.46. The van der Waals surface area contributed by atoms with Crippen LogP contribution < -0.4 is 4.74 Å². The van der Waals surface area contributed by atoms with Gasteiger partial charge in [-0.15, -0.1) is 0 Å². The van der Waals surface area contributed by atoms with Crippen LogP contribution in [0.2, 0.25) is 5.02 Å². The van der Waals surface area contributed by atoms with Gasteiger partial charge in [0.1, 0.15) is 11.6 Å². The third-order valence-electron chi connectivity index (χ3n) is 7.31. The number of piperidine rings is 1. The van der Waals surface area contributed by atoms with Gasteiger partial charge >= 0.3 is 0 Å². The Bertz CT molecular complexity index is 1280. The van der Waals surface area contributed by atoms with Crippen molar-refractivity contribution in [2.45, 2.75) is 38.7 Å². The molecule has 1 unspecified atom stereocenters. The summed E-state index contributed by atoms with van der Waals surface area (Å²) in [4.78, 5) is 6.62. The highest BCUT2D eigenvalue weighted by Crippen LogP contribution is 2.40. The molecule has 3 aromatic rings. The topological polar surface area (TPSA) is 65.8 Å². The molecule has 1 aliphatic rings. The van der Waals surface area contributed by atoms with Gasteiger partial charge in [-0.05, 0) is 87.0 Å². The lowest BCUT2D eigenvalue weighted by Crippen LogP contribution is -2.42. The van der Waals surface area contributed by atoms with Crippen LogP contribution in [0, 0.1) is 30.0 Å². The molecule has 1 fully saturated rings. The number of aliphatic hydroxyl groups excluding tert-OH is 2. The van der Waals surface area contributed by atoms with Gasteiger partial charge in [-0.25, -0.2) is 4.39 Å². The number of rotatable bonds is 7. The largest absolute Gasteiger partial charge is 0.497 e. The summed E-state index contributed by atoms with van der Waals surface area (Å²) in [7, 11) is 1.60. The first-order chi connectivity index (χ1) is 17.3. The molecular weight excluding hydrogens is 479 g/mol. The van der Waals surface area contributed by atoms with Crippen LogP contribution in [0.25, 0.3) is 10.9 Å². The molecule has 36 heavy (non-hydrogen) atoms. The van der Waals surface area contributed by atoms with Gasteiger partial charge in [0, 0.05) is 29.3 Å². The summed E-state index contributed by atoms with van der Waals surface area (Å²) in [5.41, 5.74) is 2.43. The molecular formula is C29H32ClFN2O3.